The summed E-state index contributed by atoms with van der Waals surface area (Å²) in [6.07, 6.45) is 2.73. The Labute approximate surface area is 106 Å². The van der Waals surface area contributed by atoms with Gasteiger partial charge in [0.25, 0.3) is 0 Å². The second kappa shape index (κ2) is 4.51. The van der Waals surface area contributed by atoms with Crippen molar-refractivity contribution in [2.45, 2.75) is 13.3 Å². The van der Waals surface area contributed by atoms with E-state index in [1.165, 1.54) is 12.1 Å². The summed E-state index contributed by atoms with van der Waals surface area (Å²) in [5.41, 5.74) is 1.92. The van der Waals surface area contributed by atoms with Crippen molar-refractivity contribution in [2.75, 3.05) is 0 Å². The molecule has 0 amide bonds. The van der Waals surface area contributed by atoms with Crippen LogP contribution in [0.3, 0.4) is 0 Å². The van der Waals surface area contributed by atoms with Crippen LogP contribution in [0.5, 0.6) is 0 Å². The molecule has 1 aromatic carbocycles. The molecule has 84 valence electrons. The number of aromatic nitrogens is 2. The Morgan fingerprint density at radius 1 is 1.50 bits per heavy atom. The Hall–Kier alpha value is -0.940. The fourth-order valence-electron chi connectivity index (χ4n) is 1.59. The molecule has 2 nitrogen and oxygen atoms in total. The molecule has 2 rings (SSSR count). The van der Waals surface area contributed by atoms with E-state index >= 15 is 0 Å². The van der Waals surface area contributed by atoms with Crippen molar-refractivity contribution in [3.8, 4) is 5.69 Å². The largest absolute Gasteiger partial charge is 0.337 e. The van der Waals surface area contributed by atoms with E-state index in [-0.39, 0.29) is 5.82 Å². The number of hydrogen-bond donors (Lipinski definition) is 1. The maximum absolute atomic E-state index is 13.0. The molecule has 0 atom stereocenters. The smallest absolute Gasteiger partial charge is 0.182 e. The van der Waals surface area contributed by atoms with Crippen LogP contribution < -0.4 is 0 Å². The third kappa shape index (κ3) is 1.97. The zero-order valence-electron chi connectivity index (χ0n) is 8.63. The molecule has 16 heavy (non-hydrogen) atoms. The maximum atomic E-state index is 13.0. The highest BCUT2D eigenvalue weighted by Gasteiger charge is 2.08. The quantitative estimate of drug-likeness (QED) is 0.832. The predicted molar refractivity (Wildman–Crippen MR) is 68.0 cm³/mol. The van der Waals surface area contributed by atoms with Gasteiger partial charge < -0.3 is 4.98 Å². The van der Waals surface area contributed by atoms with Crippen LogP contribution in [0.1, 0.15) is 12.6 Å². The Kier molecular flexibility index (Phi) is 3.25. The highest BCUT2D eigenvalue weighted by Crippen LogP contribution is 2.24. The summed E-state index contributed by atoms with van der Waals surface area (Å²) in [6, 6.07) is 4.57. The standard InChI is InChI=1S/C11H10BrFN2S/c1-2-8-6-14-11(16)15(8)10-4-3-7(13)5-9(10)12/h3-6H,2H2,1H3,(H,14,16). The number of aryl methyl sites for hydroxylation is 1. The Morgan fingerprint density at radius 3 is 2.88 bits per heavy atom. The highest BCUT2D eigenvalue weighted by molar-refractivity contribution is 9.10. The molecule has 2 aromatic rings. The third-order valence-electron chi connectivity index (χ3n) is 2.37. The van der Waals surface area contributed by atoms with Gasteiger partial charge in [-0.05, 0) is 52.8 Å². The SMILES string of the molecule is CCc1c[nH]c(=S)n1-c1ccc(F)cc1Br. The van der Waals surface area contributed by atoms with Crippen molar-refractivity contribution in [2.24, 2.45) is 0 Å². The van der Waals surface area contributed by atoms with Crippen LogP contribution in [0.25, 0.3) is 5.69 Å². The molecular weight excluding hydrogens is 291 g/mol. The van der Waals surface area contributed by atoms with Crippen LogP contribution in [-0.4, -0.2) is 9.55 Å². The minimum Gasteiger partial charge on any atom is -0.337 e. The van der Waals surface area contributed by atoms with Gasteiger partial charge >= 0.3 is 0 Å². The van der Waals surface area contributed by atoms with E-state index in [4.69, 9.17) is 12.2 Å². The number of hydrogen-bond acceptors (Lipinski definition) is 1. The normalized spacial score (nSPS) is 10.7. The zero-order valence-corrected chi connectivity index (χ0v) is 11.0. The lowest BCUT2D eigenvalue weighted by molar-refractivity contribution is 0.626. The van der Waals surface area contributed by atoms with Gasteiger partial charge in [-0.25, -0.2) is 4.39 Å². The van der Waals surface area contributed by atoms with Crippen LogP contribution in [0.15, 0.2) is 28.9 Å². The van der Waals surface area contributed by atoms with E-state index in [0.29, 0.717) is 9.24 Å². The molecule has 1 aromatic heterocycles. The van der Waals surface area contributed by atoms with Crippen molar-refractivity contribution >= 4 is 28.1 Å². The molecule has 0 spiro atoms. The molecule has 0 saturated carbocycles. The van der Waals surface area contributed by atoms with Gasteiger partial charge in [0.05, 0.1) is 5.69 Å². The molecule has 1 N–H and O–H groups in total. The third-order valence-corrected chi connectivity index (χ3v) is 3.30. The minimum absolute atomic E-state index is 0.268. The van der Waals surface area contributed by atoms with E-state index in [1.807, 2.05) is 17.7 Å². The molecule has 0 bridgehead atoms. The molecule has 0 unspecified atom stereocenters. The summed E-state index contributed by atoms with van der Waals surface area (Å²) in [5.74, 6) is -0.268. The van der Waals surface area contributed by atoms with Crippen molar-refractivity contribution in [1.82, 2.24) is 9.55 Å². The molecule has 5 heteroatoms. The number of imidazole rings is 1. The van der Waals surface area contributed by atoms with Crippen molar-refractivity contribution in [3.05, 3.63) is 45.2 Å². The maximum Gasteiger partial charge on any atom is 0.182 e. The molecule has 0 radical (unpaired) electrons. The number of rotatable bonds is 2. The van der Waals surface area contributed by atoms with E-state index < -0.39 is 0 Å². The monoisotopic (exact) mass is 300 g/mol. The summed E-state index contributed by atoms with van der Waals surface area (Å²) >= 11 is 8.55. The molecule has 0 aliphatic heterocycles. The Bertz CT molecular complexity index is 574. The van der Waals surface area contributed by atoms with Gasteiger partial charge in [-0.1, -0.05) is 6.92 Å². The topological polar surface area (TPSA) is 20.7 Å². The minimum atomic E-state index is -0.268. The molecule has 0 fully saturated rings. The van der Waals surface area contributed by atoms with Gasteiger partial charge in [0.1, 0.15) is 5.82 Å². The van der Waals surface area contributed by atoms with Crippen LogP contribution in [0, 0.1) is 10.6 Å². The predicted octanol–water partition coefficient (Wildman–Crippen LogP) is 4.00. The van der Waals surface area contributed by atoms with Crippen molar-refractivity contribution in [1.29, 1.82) is 0 Å². The Morgan fingerprint density at radius 2 is 2.25 bits per heavy atom. The van der Waals surface area contributed by atoms with Crippen molar-refractivity contribution in [3.63, 3.8) is 0 Å². The Balaban J connectivity index is 2.67. The van der Waals surface area contributed by atoms with Crippen LogP contribution >= 0.6 is 28.1 Å². The molecule has 0 aliphatic carbocycles. The number of nitrogens with zero attached hydrogens (tertiary/aromatic N) is 1. The summed E-state index contributed by atoms with van der Waals surface area (Å²) in [7, 11) is 0. The lowest BCUT2D eigenvalue weighted by Crippen LogP contribution is -2.00. The number of aromatic amines is 1. The summed E-state index contributed by atoms with van der Waals surface area (Å²) in [6.45, 7) is 2.05. The second-order valence-electron chi connectivity index (χ2n) is 3.37. The highest BCUT2D eigenvalue weighted by atomic mass is 79.9. The van der Waals surface area contributed by atoms with Gasteiger partial charge in [-0.2, -0.15) is 0 Å². The van der Waals surface area contributed by atoms with Gasteiger partial charge in [-0.15, -0.1) is 0 Å². The fraction of sp³-hybridized carbons (Fsp3) is 0.182. The molecule has 1 heterocycles. The lowest BCUT2D eigenvalue weighted by Gasteiger charge is -2.09. The van der Waals surface area contributed by atoms with Gasteiger partial charge in [0, 0.05) is 16.4 Å². The summed E-state index contributed by atoms with van der Waals surface area (Å²) in [5, 5.41) is 0. The number of H-pyrrole nitrogens is 1. The van der Waals surface area contributed by atoms with E-state index in [0.717, 1.165) is 17.8 Å². The van der Waals surface area contributed by atoms with E-state index in [2.05, 4.69) is 20.9 Å². The van der Waals surface area contributed by atoms with Gasteiger partial charge in [0.15, 0.2) is 4.77 Å². The molecular formula is C11H10BrFN2S. The summed E-state index contributed by atoms with van der Waals surface area (Å²) < 4.78 is 16.2. The summed E-state index contributed by atoms with van der Waals surface area (Å²) in [4.78, 5) is 2.99. The number of nitrogens with one attached hydrogen (secondary N) is 1. The fourth-order valence-corrected chi connectivity index (χ4v) is 2.39. The first-order valence-electron chi connectivity index (χ1n) is 4.88. The van der Waals surface area contributed by atoms with E-state index in [1.54, 1.807) is 6.07 Å². The van der Waals surface area contributed by atoms with Crippen LogP contribution in [0.4, 0.5) is 4.39 Å². The van der Waals surface area contributed by atoms with E-state index in [9.17, 15) is 4.39 Å². The molecule has 0 saturated heterocycles. The van der Waals surface area contributed by atoms with Crippen molar-refractivity contribution < 1.29 is 4.39 Å². The van der Waals surface area contributed by atoms with Gasteiger partial charge in [0.2, 0.25) is 0 Å². The first-order valence-corrected chi connectivity index (χ1v) is 6.08. The number of benzene rings is 1. The average molecular weight is 301 g/mol. The zero-order chi connectivity index (χ0) is 11.7. The molecule has 0 aliphatic rings. The lowest BCUT2D eigenvalue weighted by atomic mass is 10.3. The average Bonchev–Trinajstić information content (AvgIpc) is 2.60. The first kappa shape index (κ1) is 11.5. The first-order chi connectivity index (χ1) is 7.63. The van der Waals surface area contributed by atoms with Crippen LogP contribution in [-0.2, 0) is 6.42 Å². The van der Waals surface area contributed by atoms with Gasteiger partial charge in [-0.3, -0.25) is 4.57 Å². The van der Waals surface area contributed by atoms with Crippen LogP contribution in [0.2, 0.25) is 0 Å². The number of halogens is 2. The second-order valence-corrected chi connectivity index (χ2v) is 4.61.